The van der Waals surface area contributed by atoms with Crippen molar-refractivity contribution in [2.45, 2.75) is 38.5 Å². The van der Waals surface area contributed by atoms with Gasteiger partial charge < -0.3 is 15.4 Å². The number of nitrogens with one attached hydrogen (secondary N) is 2. The van der Waals surface area contributed by atoms with Crippen molar-refractivity contribution >= 4 is 16.9 Å². The normalized spacial score (nSPS) is 13.2. The van der Waals surface area contributed by atoms with Crippen LogP contribution in [0.3, 0.4) is 0 Å². The van der Waals surface area contributed by atoms with Crippen LogP contribution in [0.4, 0.5) is 13.2 Å². The van der Waals surface area contributed by atoms with Crippen LogP contribution in [0.2, 0.25) is 0 Å². The standard InChI is InChI=1S/C15H18F3N3O3/c1-9(3-2-6-22)19-13(23)10-4-5-12-11(7-10)20-14(24)21(12)8-15(16,17)18/h4-5,7,9,22H,2-3,6,8H2,1H3,(H,19,23)(H,20,24). The predicted octanol–water partition coefficient (Wildman–Crippen LogP) is 1.78. The second-order valence-corrected chi connectivity index (χ2v) is 5.60. The van der Waals surface area contributed by atoms with Gasteiger partial charge >= 0.3 is 11.9 Å². The van der Waals surface area contributed by atoms with Crippen molar-refractivity contribution in [1.82, 2.24) is 14.9 Å². The number of aromatic nitrogens is 2. The fourth-order valence-electron chi connectivity index (χ4n) is 2.42. The zero-order chi connectivity index (χ0) is 17.9. The third kappa shape index (κ3) is 4.38. The van der Waals surface area contributed by atoms with Crippen molar-refractivity contribution in [3.05, 3.63) is 34.2 Å². The molecule has 0 spiro atoms. The molecule has 0 aliphatic carbocycles. The molecule has 0 saturated carbocycles. The first kappa shape index (κ1) is 18.1. The fourth-order valence-corrected chi connectivity index (χ4v) is 2.42. The Morgan fingerprint density at radius 3 is 2.75 bits per heavy atom. The van der Waals surface area contributed by atoms with E-state index in [1.54, 1.807) is 6.92 Å². The van der Waals surface area contributed by atoms with Crippen LogP contribution in [-0.2, 0) is 6.54 Å². The number of carbonyl (C=O) groups is 1. The molecular formula is C15H18F3N3O3. The van der Waals surface area contributed by atoms with E-state index in [1.807, 2.05) is 0 Å². The number of H-pyrrole nitrogens is 1. The van der Waals surface area contributed by atoms with Gasteiger partial charge in [-0.15, -0.1) is 0 Å². The number of imidazole rings is 1. The van der Waals surface area contributed by atoms with Crippen LogP contribution in [0.15, 0.2) is 23.0 Å². The molecule has 1 amide bonds. The Bertz CT molecular complexity index is 780. The summed E-state index contributed by atoms with van der Waals surface area (Å²) in [4.78, 5) is 26.1. The van der Waals surface area contributed by atoms with Crippen LogP contribution < -0.4 is 11.0 Å². The van der Waals surface area contributed by atoms with Gasteiger partial charge in [-0.3, -0.25) is 9.36 Å². The minimum Gasteiger partial charge on any atom is -0.396 e. The number of rotatable bonds is 6. The summed E-state index contributed by atoms with van der Waals surface area (Å²) in [5.41, 5.74) is -0.392. The number of hydrogen-bond donors (Lipinski definition) is 3. The van der Waals surface area contributed by atoms with Crippen LogP contribution in [0.1, 0.15) is 30.1 Å². The molecule has 0 aliphatic heterocycles. The van der Waals surface area contributed by atoms with E-state index >= 15 is 0 Å². The molecule has 0 fully saturated rings. The van der Waals surface area contributed by atoms with E-state index in [1.165, 1.54) is 18.2 Å². The molecule has 2 aromatic rings. The summed E-state index contributed by atoms with van der Waals surface area (Å²) in [5, 5.41) is 11.5. The van der Waals surface area contributed by atoms with Crippen LogP contribution >= 0.6 is 0 Å². The summed E-state index contributed by atoms with van der Waals surface area (Å²) >= 11 is 0. The molecule has 0 bridgehead atoms. The SMILES string of the molecule is CC(CCCO)NC(=O)c1ccc2c(c1)[nH]c(=O)n2CC(F)(F)F. The minimum atomic E-state index is -4.52. The number of benzene rings is 1. The maximum atomic E-state index is 12.5. The van der Waals surface area contributed by atoms with Gasteiger partial charge in [-0.2, -0.15) is 13.2 Å². The van der Waals surface area contributed by atoms with Crippen LogP contribution in [0.5, 0.6) is 0 Å². The molecule has 9 heteroatoms. The van der Waals surface area contributed by atoms with Crippen molar-refractivity contribution in [3.63, 3.8) is 0 Å². The van der Waals surface area contributed by atoms with Crippen molar-refractivity contribution in [1.29, 1.82) is 0 Å². The Labute approximate surface area is 135 Å². The van der Waals surface area contributed by atoms with Crippen LogP contribution in [0.25, 0.3) is 11.0 Å². The molecule has 0 saturated heterocycles. The molecule has 24 heavy (non-hydrogen) atoms. The van der Waals surface area contributed by atoms with Gasteiger partial charge in [-0.25, -0.2) is 4.79 Å². The van der Waals surface area contributed by atoms with E-state index in [2.05, 4.69) is 10.3 Å². The summed E-state index contributed by atoms with van der Waals surface area (Å²) in [6.45, 7) is 0.420. The average molecular weight is 345 g/mol. The van der Waals surface area contributed by atoms with Crippen molar-refractivity contribution in [2.24, 2.45) is 0 Å². The quantitative estimate of drug-likeness (QED) is 0.746. The summed E-state index contributed by atoms with van der Waals surface area (Å²) in [6.07, 6.45) is -3.37. The number of hydrogen-bond acceptors (Lipinski definition) is 3. The summed E-state index contributed by atoms with van der Waals surface area (Å²) in [5.74, 6) is -0.397. The summed E-state index contributed by atoms with van der Waals surface area (Å²) in [6, 6.07) is 3.87. The zero-order valence-corrected chi connectivity index (χ0v) is 13.0. The van der Waals surface area contributed by atoms with Gasteiger partial charge in [0.25, 0.3) is 5.91 Å². The molecule has 1 atom stereocenters. The molecule has 0 aliphatic rings. The van der Waals surface area contributed by atoms with Crippen molar-refractivity contribution in [2.75, 3.05) is 6.61 Å². The fraction of sp³-hybridized carbons (Fsp3) is 0.467. The summed E-state index contributed by atoms with van der Waals surface area (Å²) in [7, 11) is 0. The number of carbonyl (C=O) groups excluding carboxylic acids is 1. The first-order valence-electron chi connectivity index (χ1n) is 7.42. The van der Waals surface area contributed by atoms with E-state index in [0.29, 0.717) is 17.4 Å². The maximum absolute atomic E-state index is 12.5. The number of nitrogens with zero attached hydrogens (tertiary/aromatic N) is 1. The van der Waals surface area contributed by atoms with Crippen molar-refractivity contribution < 1.29 is 23.1 Å². The molecule has 1 aromatic heterocycles. The lowest BCUT2D eigenvalue weighted by molar-refractivity contribution is -0.140. The lowest BCUT2D eigenvalue weighted by atomic mass is 10.1. The lowest BCUT2D eigenvalue weighted by Crippen LogP contribution is -2.32. The maximum Gasteiger partial charge on any atom is 0.406 e. The smallest absolute Gasteiger partial charge is 0.396 e. The molecule has 1 aromatic carbocycles. The van der Waals surface area contributed by atoms with Crippen molar-refractivity contribution in [3.8, 4) is 0 Å². The molecule has 2 rings (SSSR count). The Morgan fingerprint density at radius 1 is 1.42 bits per heavy atom. The molecule has 132 valence electrons. The van der Waals surface area contributed by atoms with Gasteiger partial charge in [-0.05, 0) is 38.0 Å². The third-order valence-corrected chi connectivity index (χ3v) is 3.55. The Balaban J connectivity index is 2.23. The second kappa shape index (κ2) is 7.08. The lowest BCUT2D eigenvalue weighted by Gasteiger charge is -2.13. The third-order valence-electron chi connectivity index (χ3n) is 3.55. The first-order chi connectivity index (χ1) is 11.2. The van der Waals surface area contributed by atoms with Gasteiger partial charge in [0, 0.05) is 18.2 Å². The highest BCUT2D eigenvalue weighted by atomic mass is 19.4. The minimum absolute atomic E-state index is 0.0279. The topological polar surface area (TPSA) is 87.1 Å². The molecule has 1 unspecified atom stereocenters. The van der Waals surface area contributed by atoms with Gasteiger partial charge in [0.05, 0.1) is 11.0 Å². The van der Waals surface area contributed by atoms with Gasteiger partial charge in [0.15, 0.2) is 0 Å². The highest BCUT2D eigenvalue weighted by Gasteiger charge is 2.29. The number of aliphatic hydroxyl groups is 1. The van der Waals surface area contributed by atoms with E-state index in [9.17, 15) is 22.8 Å². The van der Waals surface area contributed by atoms with E-state index in [-0.39, 0.29) is 29.2 Å². The largest absolute Gasteiger partial charge is 0.406 e. The van der Waals surface area contributed by atoms with Crippen LogP contribution in [-0.4, -0.2) is 39.4 Å². The number of fused-ring (bicyclic) bond motifs is 1. The van der Waals surface area contributed by atoms with Crippen LogP contribution in [0, 0.1) is 0 Å². The van der Waals surface area contributed by atoms with Gasteiger partial charge in [0.1, 0.15) is 6.54 Å². The van der Waals surface area contributed by atoms with E-state index < -0.39 is 24.3 Å². The Kier molecular flexibility index (Phi) is 5.33. The average Bonchev–Trinajstić information content (AvgIpc) is 2.78. The second-order valence-electron chi connectivity index (χ2n) is 5.60. The van der Waals surface area contributed by atoms with E-state index in [4.69, 9.17) is 5.11 Å². The predicted molar refractivity (Wildman–Crippen MR) is 81.9 cm³/mol. The molecule has 0 radical (unpaired) electrons. The Hall–Kier alpha value is -2.29. The molecular weight excluding hydrogens is 327 g/mol. The molecule has 3 N–H and O–H groups in total. The van der Waals surface area contributed by atoms with E-state index in [0.717, 1.165) is 0 Å². The number of aliphatic hydroxyl groups excluding tert-OH is 1. The number of halogens is 3. The number of amides is 1. The highest BCUT2D eigenvalue weighted by Crippen LogP contribution is 2.20. The Morgan fingerprint density at radius 2 is 2.12 bits per heavy atom. The van der Waals surface area contributed by atoms with Gasteiger partial charge in [-0.1, -0.05) is 0 Å². The van der Waals surface area contributed by atoms with Gasteiger partial charge in [0.2, 0.25) is 0 Å². The highest BCUT2D eigenvalue weighted by molar-refractivity contribution is 5.97. The number of alkyl halides is 3. The summed E-state index contributed by atoms with van der Waals surface area (Å²) < 4.78 is 38.2. The monoisotopic (exact) mass is 345 g/mol. The first-order valence-corrected chi connectivity index (χ1v) is 7.42. The molecule has 1 heterocycles. The number of aromatic amines is 1. The zero-order valence-electron chi connectivity index (χ0n) is 13.0. The molecule has 6 nitrogen and oxygen atoms in total.